The Kier molecular flexibility index (Phi) is 3.35. The maximum Gasteiger partial charge on any atom is 0.395 e. The molecule has 0 aliphatic carbocycles. The number of H-pyrrole nitrogens is 1. The fourth-order valence-electron chi connectivity index (χ4n) is 0.629. The van der Waals surface area contributed by atoms with Gasteiger partial charge in [0, 0.05) is 0 Å². The highest BCUT2D eigenvalue weighted by Gasteiger charge is 2.25. The topological polar surface area (TPSA) is 116 Å². The predicted molar refractivity (Wildman–Crippen MR) is 43.1 cm³/mol. The van der Waals surface area contributed by atoms with Crippen molar-refractivity contribution < 1.29 is 13.6 Å². The van der Waals surface area contributed by atoms with E-state index in [2.05, 4.69) is 20.6 Å². The average molecular weight is 207 g/mol. The minimum atomic E-state index is -3.30. The number of rotatable bonds is 5. The second-order valence-electron chi connectivity index (χ2n) is 2.00. The van der Waals surface area contributed by atoms with Crippen LogP contribution in [0, 0.1) is 0 Å². The standard InChI is InChI=1S/C4H10N5O3P/c1-2-11-13(10,3-5)12-4-6-8-9-7-4/h2-3,5H2,1H3,(H,6,7,8,9). The number of tetrazole rings is 1. The van der Waals surface area contributed by atoms with E-state index >= 15 is 0 Å². The van der Waals surface area contributed by atoms with Crippen LogP contribution in [0.5, 0.6) is 6.01 Å². The van der Waals surface area contributed by atoms with Gasteiger partial charge in [-0.3, -0.25) is 4.52 Å². The first-order valence-electron chi connectivity index (χ1n) is 3.57. The van der Waals surface area contributed by atoms with Crippen molar-refractivity contribution in [3.05, 3.63) is 0 Å². The molecule has 1 rings (SSSR count). The Morgan fingerprint density at radius 1 is 1.69 bits per heavy atom. The first-order chi connectivity index (χ1) is 6.20. The molecular formula is C4H10N5O3P. The SMILES string of the molecule is CCOP(=O)(CN)Oc1nn[nH]n1. The molecule has 0 amide bonds. The normalized spacial score (nSPS) is 15.2. The summed E-state index contributed by atoms with van der Waals surface area (Å²) in [5, 5.41) is 12.3. The van der Waals surface area contributed by atoms with Crippen LogP contribution < -0.4 is 10.3 Å². The first-order valence-corrected chi connectivity index (χ1v) is 5.29. The third kappa shape index (κ3) is 2.76. The molecule has 8 nitrogen and oxygen atoms in total. The lowest BCUT2D eigenvalue weighted by Crippen LogP contribution is -2.09. The Balaban J connectivity index is 2.64. The zero-order chi connectivity index (χ0) is 9.73. The van der Waals surface area contributed by atoms with Crippen molar-refractivity contribution in [2.45, 2.75) is 6.92 Å². The van der Waals surface area contributed by atoms with E-state index in [1.54, 1.807) is 6.92 Å². The van der Waals surface area contributed by atoms with E-state index in [0.717, 1.165) is 0 Å². The Morgan fingerprint density at radius 2 is 2.46 bits per heavy atom. The van der Waals surface area contributed by atoms with Crippen LogP contribution in [0.4, 0.5) is 0 Å². The highest BCUT2D eigenvalue weighted by atomic mass is 31.2. The number of aromatic nitrogens is 4. The molecule has 0 saturated carbocycles. The summed E-state index contributed by atoms with van der Waals surface area (Å²) >= 11 is 0. The van der Waals surface area contributed by atoms with Crippen LogP contribution in [-0.4, -0.2) is 33.5 Å². The number of nitrogens with one attached hydrogen (secondary N) is 1. The lowest BCUT2D eigenvalue weighted by Gasteiger charge is -2.13. The average Bonchev–Trinajstić information content (AvgIpc) is 2.57. The van der Waals surface area contributed by atoms with Crippen molar-refractivity contribution in [3.8, 4) is 6.01 Å². The first kappa shape index (κ1) is 10.1. The monoisotopic (exact) mass is 207 g/mol. The molecule has 1 unspecified atom stereocenters. The second-order valence-corrected chi connectivity index (χ2v) is 4.02. The van der Waals surface area contributed by atoms with Gasteiger partial charge in [0.1, 0.15) is 6.29 Å². The molecule has 0 saturated heterocycles. The highest BCUT2D eigenvalue weighted by molar-refractivity contribution is 7.54. The molecule has 0 aliphatic heterocycles. The van der Waals surface area contributed by atoms with Crippen molar-refractivity contribution >= 4 is 7.60 Å². The summed E-state index contributed by atoms with van der Waals surface area (Å²) in [5.74, 6) is 0. The van der Waals surface area contributed by atoms with E-state index in [4.69, 9.17) is 14.8 Å². The molecule has 1 heterocycles. The second kappa shape index (κ2) is 4.31. The molecule has 0 fully saturated rings. The van der Waals surface area contributed by atoms with Gasteiger partial charge in [-0.2, -0.15) is 5.21 Å². The third-order valence-corrected chi connectivity index (χ3v) is 2.64. The summed E-state index contributed by atoms with van der Waals surface area (Å²) < 4.78 is 21.2. The van der Waals surface area contributed by atoms with Crippen molar-refractivity contribution in [2.24, 2.45) is 5.73 Å². The van der Waals surface area contributed by atoms with Crippen LogP contribution in [0.15, 0.2) is 0 Å². The minimum Gasteiger partial charge on any atom is -0.386 e. The van der Waals surface area contributed by atoms with E-state index in [-0.39, 0.29) is 18.9 Å². The lowest BCUT2D eigenvalue weighted by atomic mass is 10.9. The molecule has 0 radical (unpaired) electrons. The van der Waals surface area contributed by atoms with Crippen molar-refractivity contribution in [1.82, 2.24) is 20.6 Å². The van der Waals surface area contributed by atoms with Gasteiger partial charge in [0.2, 0.25) is 0 Å². The molecule has 74 valence electrons. The fraction of sp³-hybridized carbons (Fsp3) is 0.750. The molecule has 1 atom stereocenters. The molecule has 0 bridgehead atoms. The Morgan fingerprint density at radius 3 is 2.92 bits per heavy atom. The largest absolute Gasteiger partial charge is 0.395 e. The Bertz CT molecular complexity index is 288. The van der Waals surface area contributed by atoms with Crippen molar-refractivity contribution in [3.63, 3.8) is 0 Å². The van der Waals surface area contributed by atoms with Gasteiger partial charge in [-0.05, 0) is 12.1 Å². The van der Waals surface area contributed by atoms with E-state index in [1.165, 1.54) is 0 Å². The number of nitrogens with zero attached hydrogens (tertiary/aromatic N) is 3. The van der Waals surface area contributed by atoms with Crippen molar-refractivity contribution in [2.75, 3.05) is 12.9 Å². The summed E-state index contributed by atoms with van der Waals surface area (Å²) in [7, 11) is -3.30. The van der Waals surface area contributed by atoms with Gasteiger partial charge in [0.15, 0.2) is 0 Å². The molecule has 0 aliphatic rings. The summed E-state index contributed by atoms with van der Waals surface area (Å²) in [5.41, 5.74) is 5.21. The molecular weight excluding hydrogens is 197 g/mol. The van der Waals surface area contributed by atoms with E-state index in [9.17, 15) is 4.57 Å². The van der Waals surface area contributed by atoms with Crippen LogP contribution in [0.1, 0.15) is 6.92 Å². The van der Waals surface area contributed by atoms with Gasteiger partial charge < -0.3 is 10.3 Å². The van der Waals surface area contributed by atoms with Gasteiger partial charge in [-0.15, -0.1) is 0 Å². The van der Waals surface area contributed by atoms with Crippen LogP contribution in [0.25, 0.3) is 0 Å². The van der Waals surface area contributed by atoms with E-state index < -0.39 is 7.60 Å². The van der Waals surface area contributed by atoms with E-state index in [1.807, 2.05) is 0 Å². The van der Waals surface area contributed by atoms with Gasteiger partial charge in [-0.1, -0.05) is 10.2 Å². The van der Waals surface area contributed by atoms with Gasteiger partial charge in [-0.25, -0.2) is 4.57 Å². The molecule has 0 aromatic carbocycles. The maximum atomic E-state index is 11.6. The summed E-state index contributed by atoms with van der Waals surface area (Å²) in [6.07, 6.45) is -0.227. The Hall–Kier alpha value is -0.980. The number of hydrogen-bond donors (Lipinski definition) is 2. The zero-order valence-electron chi connectivity index (χ0n) is 7.01. The Labute approximate surface area is 74.3 Å². The van der Waals surface area contributed by atoms with Crippen LogP contribution in [0.2, 0.25) is 0 Å². The van der Waals surface area contributed by atoms with Crippen LogP contribution >= 0.6 is 7.60 Å². The smallest absolute Gasteiger partial charge is 0.386 e. The molecule has 13 heavy (non-hydrogen) atoms. The van der Waals surface area contributed by atoms with Crippen LogP contribution in [-0.2, 0) is 9.09 Å². The number of aromatic amines is 1. The quantitative estimate of drug-likeness (QED) is 0.638. The molecule has 9 heteroatoms. The summed E-state index contributed by atoms with van der Waals surface area (Å²) in [6, 6.07) is -0.137. The summed E-state index contributed by atoms with van der Waals surface area (Å²) in [6.45, 7) is 1.92. The molecule has 0 spiro atoms. The minimum absolute atomic E-state index is 0.137. The third-order valence-electron chi connectivity index (χ3n) is 1.10. The highest BCUT2D eigenvalue weighted by Crippen LogP contribution is 2.44. The predicted octanol–water partition coefficient (Wildman–Crippen LogP) is -0.276. The van der Waals surface area contributed by atoms with E-state index in [0.29, 0.717) is 0 Å². The lowest BCUT2D eigenvalue weighted by molar-refractivity contribution is 0.274. The van der Waals surface area contributed by atoms with Gasteiger partial charge >= 0.3 is 13.6 Å². The molecule has 1 aromatic heterocycles. The maximum absolute atomic E-state index is 11.6. The fourth-order valence-corrected chi connectivity index (χ4v) is 1.58. The molecule has 3 N–H and O–H groups in total. The number of hydrogen-bond acceptors (Lipinski definition) is 7. The summed E-state index contributed by atoms with van der Waals surface area (Å²) in [4.78, 5) is 0. The van der Waals surface area contributed by atoms with Gasteiger partial charge in [0.25, 0.3) is 0 Å². The zero-order valence-corrected chi connectivity index (χ0v) is 7.90. The van der Waals surface area contributed by atoms with Crippen LogP contribution in [0.3, 0.4) is 0 Å². The number of nitrogens with two attached hydrogens (primary N) is 1. The van der Waals surface area contributed by atoms with Gasteiger partial charge in [0.05, 0.1) is 6.61 Å². The van der Waals surface area contributed by atoms with Crippen molar-refractivity contribution in [1.29, 1.82) is 0 Å². The molecule has 1 aromatic rings.